The number of amides is 2. The quantitative estimate of drug-likeness (QED) is 0.749. The Morgan fingerprint density at radius 1 is 0.913 bits per heavy atom. The summed E-state index contributed by atoms with van der Waals surface area (Å²) in [5, 5.41) is 5.99. The third-order valence-electron chi connectivity index (χ3n) is 5.25. The van der Waals surface area contributed by atoms with E-state index in [4.69, 9.17) is 4.18 Å². The molecule has 0 aromatic heterocycles. The van der Waals surface area contributed by atoms with Gasteiger partial charge in [-0.1, -0.05) is 0 Å². The summed E-state index contributed by atoms with van der Waals surface area (Å²) in [7, 11) is 0. The second-order valence-corrected chi connectivity index (χ2v) is 7.55. The maximum absolute atomic E-state index is 11.4. The monoisotopic (exact) mass is 342 g/mol. The molecular formula is C17H30N2O3S. The minimum Gasteiger partial charge on any atom is -0.375 e. The standard InChI is InChI=1S/C17H30N2O3S/c1-12(20)18-15-7-3-13(4-8-15)11-14-5-9-16(10-6-14)19-17(21)22-23-2/h13-16H,3-11H2,1-2H3,(H,18,20)(H,19,21). The van der Waals surface area contributed by atoms with E-state index in [1.165, 1.54) is 32.1 Å². The molecular weight excluding hydrogens is 312 g/mol. The predicted octanol–water partition coefficient (Wildman–Crippen LogP) is 3.63. The van der Waals surface area contributed by atoms with Crippen molar-refractivity contribution in [2.24, 2.45) is 11.8 Å². The molecule has 0 radical (unpaired) electrons. The van der Waals surface area contributed by atoms with Gasteiger partial charge in [0, 0.05) is 25.3 Å². The molecule has 0 heterocycles. The van der Waals surface area contributed by atoms with E-state index in [9.17, 15) is 9.59 Å². The Labute approximate surface area is 143 Å². The molecule has 2 fully saturated rings. The van der Waals surface area contributed by atoms with Crippen molar-refractivity contribution in [1.82, 2.24) is 10.6 Å². The lowest BCUT2D eigenvalue weighted by molar-refractivity contribution is -0.119. The summed E-state index contributed by atoms with van der Waals surface area (Å²) in [6, 6.07) is 0.674. The van der Waals surface area contributed by atoms with Crippen LogP contribution in [0.5, 0.6) is 0 Å². The first kappa shape index (κ1) is 18.4. The first-order valence-electron chi connectivity index (χ1n) is 8.85. The molecule has 0 unspecified atom stereocenters. The van der Waals surface area contributed by atoms with E-state index in [1.54, 1.807) is 13.2 Å². The molecule has 2 rings (SSSR count). The zero-order valence-electron chi connectivity index (χ0n) is 14.3. The first-order chi connectivity index (χ1) is 11.1. The van der Waals surface area contributed by atoms with E-state index >= 15 is 0 Å². The van der Waals surface area contributed by atoms with Gasteiger partial charge in [-0.3, -0.25) is 4.79 Å². The molecule has 0 aliphatic heterocycles. The summed E-state index contributed by atoms with van der Waals surface area (Å²) in [6.07, 6.45) is 12.0. The molecule has 132 valence electrons. The van der Waals surface area contributed by atoms with Gasteiger partial charge in [0.15, 0.2) is 0 Å². The molecule has 5 nitrogen and oxygen atoms in total. The van der Waals surface area contributed by atoms with Gasteiger partial charge in [0.05, 0.1) is 12.0 Å². The van der Waals surface area contributed by atoms with Crippen LogP contribution in [0.15, 0.2) is 0 Å². The largest absolute Gasteiger partial charge is 0.419 e. The van der Waals surface area contributed by atoms with Crippen LogP contribution in [0.1, 0.15) is 64.7 Å². The van der Waals surface area contributed by atoms with Gasteiger partial charge in [-0.25, -0.2) is 4.79 Å². The first-order valence-corrected chi connectivity index (χ1v) is 10.00. The Morgan fingerprint density at radius 2 is 1.39 bits per heavy atom. The summed E-state index contributed by atoms with van der Waals surface area (Å²) in [5.41, 5.74) is 0. The van der Waals surface area contributed by atoms with Gasteiger partial charge >= 0.3 is 6.09 Å². The Balaban J connectivity index is 1.61. The number of hydrogen-bond acceptors (Lipinski definition) is 4. The third kappa shape index (κ3) is 6.61. The SMILES string of the molecule is CSOC(=O)NC1CCC(CC2CCC(NC(C)=O)CC2)CC1. The Kier molecular flexibility index (Phi) is 7.53. The molecule has 23 heavy (non-hydrogen) atoms. The van der Waals surface area contributed by atoms with Crippen molar-refractivity contribution < 1.29 is 13.8 Å². The summed E-state index contributed by atoms with van der Waals surface area (Å²) in [5.74, 6) is 1.71. The van der Waals surface area contributed by atoms with E-state index in [1.807, 2.05) is 0 Å². The highest BCUT2D eigenvalue weighted by molar-refractivity contribution is 7.94. The van der Waals surface area contributed by atoms with Crippen molar-refractivity contribution in [3.63, 3.8) is 0 Å². The van der Waals surface area contributed by atoms with Gasteiger partial charge in [-0.05, 0) is 69.6 Å². The van der Waals surface area contributed by atoms with Crippen LogP contribution in [-0.4, -0.2) is 30.3 Å². The number of carbonyl (C=O) groups excluding carboxylic acids is 2. The van der Waals surface area contributed by atoms with Gasteiger partial charge < -0.3 is 14.8 Å². The number of rotatable bonds is 5. The van der Waals surface area contributed by atoms with Crippen LogP contribution >= 0.6 is 12.0 Å². The van der Waals surface area contributed by atoms with Crippen molar-refractivity contribution >= 4 is 24.0 Å². The highest BCUT2D eigenvalue weighted by Crippen LogP contribution is 2.35. The fourth-order valence-corrected chi connectivity index (χ4v) is 4.31. The van der Waals surface area contributed by atoms with Gasteiger partial charge in [-0.15, -0.1) is 0 Å². The van der Waals surface area contributed by atoms with E-state index in [0.29, 0.717) is 6.04 Å². The fraction of sp³-hybridized carbons (Fsp3) is 0.882. The van der Waals surface area contributed by atoms with Crippen molar-refractivity contribution in [3.05, 3.63) is 0 Å². The summed E-state index contributed by atoms with van der Waals surface area (Å²) >= 11 is 1.09. The second kappa shape index (κ2) is 9.40. The molecule has 0 bridgehead atoms. The molecule has 0 saturated heterocycles. The molecule has 2 saturated carbocycles. The minimum absolute atomic E-state index is 0.0965. The highest BCUT2D eigenvalue weighted by Gasteiger charge is 2.27. The van der Waals surface area contributed by atoms with E-state index < -0.39 is 0 Å². The number of carbonyl (C=O) groups is 2. The number of hydrogen-bond donors (Lipinski definition) is 2. The molecule has 0 aromatic carbocycles. The van der Waals surface area contributed by atoms with Gasteiger partial charge in [-0.2, -0.15) is 0 Å². The van der Waals surface area contributed by atoms with Crippen molar-refractivity contribution in [1.29, 1.82) is 0 Å². The minimum atomic E-state index is -0.308. The molecule has 2 N–H and O–H groups in total. The average molecular weight is 343 g/mol. The average Bonchev–Trinajstić information content (AvgIpc) is 2.51. The van der Waals surface area contributed by atoms with Crippen LogP contribution in [0, 0.1) is 11.8 Å². The zero-order chi connectivity index (χ0) is 16.7. The third-order valence-corrected chi connectivity index (χ3v) is 5.57. The lowest BCUT2D eigenvalue weighted by Gasteiger charge is -2.34. The molecule has 2 amide bonds. The maximum Gasteiger partial charge on any atom is 0.419 e. The smallest absolute Gasteiger partial charge is 0.375 e. The van der Waals surface area contributed by atoms with Crippen LogP contribution in [0.2, 0.25) is 0 Å². The van der Waals surface area contributed by atoms with Crippen molar-refractivity contribution in [3.8, 4) is 0 Å². The van der Waals surface area contributed by atoms with Crippen LogP contribution < -0.4 is 10.6 Å². The molecule has 0 spiro atoms. The Hall–Kier alpha value is -0.910. The van der Waals surface area contributed by atoms with Crippen LogP contribution in [0.25, 0.3) is 0 Å². The van der Waals surface area contributed by atoms with Crippen LogP contribution in [0.3, 0.4) is 0 Å². The Bertz CT molecular complexity index is 389. The summed E-state index contributed by atoms with van der Waals surface area (Å²) in [4.78, 5) is 22.5. The van der Waals surface area contributed by atoms with Gasteiger partial charge in [0.2, 0.25) is 5.91 Å². The second-order valence-electron chi connectivity index (χ2n) is 7.05. The van der Waals surface area contributed by atoms with E-state index in [0.717, 1.165) is 49.6 Å². The van der Waals surface area contributed by atoms with Crippen molar-refractivity contribution in [2.75, 3.05) is 6.26 Å². The fourth-order valence-electron chi connectivity index (χ4n) is 4.11. The topological polar surface area (TPSA) is 67.4 Å². The molecule has 6 heteroatoms. The maximum atomic E-state index is 11.4. The van der Waals surface area contributed by atoms with Gasteiger partial charge in [0.1, 0.15) is 0 Å². The molecule has 2 aliphatic rings. The van der Waals surface area contributed by atoms with E-state index in [2.05, 4.69) is 10.6 Å². The van der Waals surface area contributed by atoms with E-state index in [-0.39, 0.29) is 18.0 Å². The Morgan fingerprint density at radius 3 is 1.83 bits per heavy atom. The predicted molar refractivity (Wildman–Crippen MR) is 93.1 cm³/mol. The molecule has 0 aromatic rings. The molecule has 2 aliphatic carbocycles. The highest BCUT2D eigenvalue weighted by atomic mass is 32.2. The van der Waals surface area contributed by atoms with Crippen molar-refractivity contribution in [2.45, 2.75) is 76.8 Å². The van der Waals surface area contributed by atoms with Gasteiger partial charge in [0.25, 0.3) is 0 Å². The normalized spacial score (nSPS) is 31.2. The molecule has 0 atom stereocenters. The zero-order valence-corrected chi connectivity index (χ0v) is 15.1. The lowest BCUT2D eigenvalue weighted by Crippen LogP contribution is -2.38. The summed E-state index contributed by atoms with van der Waals surface area (Å²) in [6.45, 7) is 1.60. The summed E-state index contributed by atoms with van der Waals surface area (Å²) < 4.78 is 4.87. The van der Waals surface area contributed by atoms with Crippen LogP contribution in [-0.2, 0) is 8.98 Å². The lowest BCUT2D eigenvalue weighted by atomic mass is 9.75. The number of nitrogens with one attached hydrogen (secondary N) is 2. The van der Waals surface area contributed by atoms with Crippen LogP contribution in [0.4, 0.5) is 4.79 Å².